The van der Waals surface area contributed by atoms with Gasteiger partial charge in [-0.15, -0.1) is 11.6 Å². The molecule has 18 heavy (non-hydrogen) atoms. The van der Waals surface area contributed by atoms with Crippen LogP contribution >= 0.6 is 27.5 Å². The van der Waals surface area contributed by atoms with Crippen LogP contribution < -0.4 is 4.74 Å². The Balaban J connectivity index is 2.23. The summed E-state index contributed by atoms with van der Waals surface area (Å²) in [6, 6.07) is 4.62. The highest BCUT2D eigenvalue weighted by Crippen LogP contribution is 2.24. The zero-order valence-electron chi connectivity index (χ0n) is 9.45. The molecule has 0 spiro atoms. The fourth-order valence-corrected chi connectivity index (χ4v) is 1.81. The van der Waals surface area contributed by atoms with Gasteiger partial charge in [0, 0.05) is 23.5 Å². The Morgan fingerprint density at radius 2 is 2.22 bits per heavy atom. The molecule has 0 fully saturated rings. The van der Waals surface area contributed by atoms with Crippen molar-refractivity contribution in [1.82, 2.24) is 9.97 Å². The second-order valence-corrected chi connectivity index (χ2v) is 4.70. The molecule has 0 aliphatic rings. The molecule has 3 nitrogen and oxygen atoms in total. The summed E-state index contributed by atoms with van der Waals surface area (Å²) in [5.41, 5.74) is 1.58. The number of hydrogen-bond acceptors (Lipinski definition) is 3. The van der Waals surface area contributed by atoms with E-state index in [1.807, 2.05) is 6.92 Å². The van der Waals surface area contributed by atoms with Gasteiger partial charge in [0.05, 0.1) is 10.4 Å². The highest BCUT2D eigenvalue weighted by Gasteiger charge is 2.06. The van der Waals surface area contributed by atoms with E-state index in [9.17, 15) is 4.39 Å². The smallest absolute Gasteiger partial charge is 0.322 e. The van der Waals surface area contributed by atoms with E-state index in [2.05, 4.69) is 25.9 Å². The first kappa shape index (κ1) is 13.2. The molecule has 0 N–H and O–H groups in total. The van der Waals surface area contributed by atoms with Crippen LogP contribution in [0.5, 0.6) is 11.8 Å². The maximum absolute atomic E-state index is 13.3. The van der Waals surface area contributed by atoms with Gasteiger partial charge in [-0.3, -0.25) is 0 Å². The molecular weight excluding hydrogens is 322 g/mol. The van der Waals surface area contributed by atoms with Crippen LogP contribution in [0.15, 0.2) is 28.9 Å². The molecule has 0 aliphatic heterocycles. The second kappa shape index (κ2) is 5.63. The topological polar surface area (TPSA) is 35.0 Å². The molecule has 6 heteroatoms. The van der Waals surface area contributed by atoms with E-state index in [4.69, 9.17) is 16.3 Å². The van der Waals surface area contributed by atoms with Gasteiger partial charge in [-0.05, 0) is 35.0 Å². The molecule has 0 amide bonds. The van der Waals surface area contributed by atoms with Crippen LogP contribution in [0, 0.1) is 12.7 Å². The van der Waals surface area contributed by atoms with Crippen molar-refractivity contribution < 1.29 is 9.13 Å². The molecule has 0 bridgehead atoms. The number of aryl methyl sites for hydroxylation is 1. The van der Waals surface area contributed by atoms with E-state index >= 15 is 0 Å². The molecule has 2 rings (SSSR count). The standard InChI is InChI=1S/C12H9BrClFN2O/c1-7-8(5-14)6-16-12(17-7)18-9-2-3-10(13)11(15)4-9/h2-4,6H,5H2,1H3. The lowest BCUT2D eigenvalue weighted by molar-refractivity contribution is 0.435. The lowest BCUT2D eigenvalue weighted by Crippen LogP contribution is -1.97. The number of rotatable bonds is 3. The Kier molecular flexibility index (Phi) is 4.14. The Labute approximate surface area is 117 Å². The maximum Gasteiger partial charge on any atom is 0.322 e. The quantitative estimate of drug-likeness (QED) is 0.790. The lowest BCUT2D eigenvalue weighted by atomic mass is 10.3. The van der Waals surface area contributed by atoms with Gasteiger partial charge in [-0.2, -0.15) is 4.98 Å². The zero-order chi connectivity index (χ0) is 13.1. The van der Waals surface area contributed by atoms with Gasteiger partial charge in [-0.1, -0.05) is 0 Å². The summed E-state index contributed by atoms with van der Waals surface area (Å²) >= 11 is 8.78. The average Bonchev–Trinajstić information content (AvgIpc) is 2.34. The van der Waals surface area contributed by atoms with Gasteiger partial charge in [0.2, 0.25) is 0 Å². The van der Waals surface area contributed by atoms with Crippen molar-refractivity contribution in [3.05, 3.63) is 45.9 Å². The Bertz CT molecular complexity index is 580. The van der Waals surface area contributed by atoms with Crippen LogP contribution in [-0.4, -0.2) is 9.97 Å². The third kappa shape index (κ3) is 2.97. The summed E-state index contributed by atoms with van der Waals surface area (Å²) in [5.74, 6) is 0.286. The van der Waals surface area contributed by atoms with Gasteiger partial charge in [-0.25, -0.2) is 9.37 Å². The van der Waals surface area contributed by atoms with Crippen LogP contribution in [0.2, 0.25) is 0 Å². The van der Waals surface area contributed by atoms with E-state index in [0.29, 0.717) is 16.1 Å². The predicted octanol–water partition coefficient (Wildman–Crippen LogP) is 4.22. The first-order valence-corrected chi connectivity index (χ1v) is 6.44. The summed E-state index contributed by atoms with van der Waals surface area (Å²) < 4.78 is 19.0. The number of nitrogens with zero attached hydrogens (tertiary/aromatic N) is 2. The monoisotopic (exact) mass is 330 g/mol. The molecule has 1 aromatic carbocycles. The lowest BCUT2D eigenvalue weighted by Gasteiger charge is -2.06. The fourth-order valence-electron chi connectivity index (χ4n) is 1.30. The largest absolute Gasteiger partial charge is 0.424 e. The van der Waals surface area contributed by atoms with Crippen molar-refractivity contribution >= 4 is 27.5 Å². The minimum atomic E-state index is -0.401. The van der Waals surface area contributed by atoms with Crippen molar-refractivity contribution in [3.63, 3.8) is 0 Å². The van der Waals surface area contributed by atoms with Crippen molar-refractivity contribution in [2.24, 2.45) is 0 Å². The van der Waals surface area contributed by atoms with Gasteiger partial charge in [0.15, 0.2) is 0 Å². The molecule has 0 unspecified atom stereocenters. The van der Waals surface area contributed by atoms with E-state index in [1.54, 1.807) is 18.3 Å². The Morgan fingerprint density at radius 1 is 1.44 bits per heavy atom. The third-order valence-electron chi connectivity index (χ3n) is 2.30. The molecule has 1 heterocycles. The van der Waals surface area contributed by atoms with Crippen molar-refractivity contribution in [2.75, 3.05) is 0 Å². The molecular formula is C12H9BrClFN2O. The van der Waals surface area contributed by atoms with Gasteiger partial charge < -0.3 is 4.74 Å². The summed E-state index contributed by atoms with van der Waals surface area (Å²) in [5, 5.41) is 0. The summed E-state index contributed by atoms with van der Waals surface area (Å²) in [6.45, 7) is 1.81. The SMILES string of the molecule is Cc1nc(Oc2ccc(Br)c(F)c2)ncc1CCl. The van der Waals surface area contributed by atoms with Gasteiger partial charge >= 0.3 is 6.01 Å². The summed E-state index contributed by atoms with van der Waals surface area (Å²) in [6.07, 6.45) is 1.60. The van der Waals surface area contributed by atoms with E-state index < -0.39 is 5.82 Å². The number of aromatic nitrogens is 2. The highest BCUT2D eigenvalue weighted by atomic mass is 79.9. The number of benzene rings is 1. The van der Waals surface area contributed by atoms with Crippen LogP contribution in [0.1, 0.15) is 11.3 Å². The molecule has 94 valence electrons. The molecule has 0 atom stereocenters. The molecule has 1 aromatic heterocycles. The first-order valence-electron chi connectivity index (χ1n) is 5.11. The average molecular weight is 332 g/mol. The number of ether oxygens (including phenoxy) is 1. The fraction of sp³-hybridized carbons (Fsp3) is 0.167. The summed E-state index contributed by atoms with van der Waals surface area (Å²) in [4.78, 5) is 8.15. The Hall–Kier alpha value is -1.20. The number of hydrogen-bond donors (Lipinski definition) is 0. The molecule has 0 radical (unpaired) electrons. The number of halogens is 3. The van der Waals surface area contributed by atoms with Crippen molar-refractivity contribution in [2.45, 2.75) is 12.8 Å². The predicted molar refractivity (Wildman–Crippen MR) is 70.5 cm³/mol. The molecule has 0 saturated carbocycles. The first-order chi connectivity index (χ1) is 8.60. The van der Waals surface area contributed by atoms with Crippen LogP contribution in [0.3, 0.4) is 0 Å². The zero-order valence-corrected chi connectivity index (χ0v) is 11.8. The molecule has 2 aromatic rings. The molecule has 0 aliphatic carbocycles. The minimum Gasteiger partial charge on any atom is -0.424 e. The molecule has 0 saturated heterocycles. The van der Waals surface area contributed by atoms with E-state index in [-0.39, 0.29) is 6.01 Å². The highest BCUT2D eigenvalue weighted by molar-refractivity contribution is 9.10. The van der Waals surface area contributed by atoms with Gasteiger partial charge in [0.25, 0.3) is 0 Å². The van der Waals surface area contributed by atoms with Crippen molar-refractivity contribution in [1.29, 1.82) is 0 Å². The van der Waals surface area contributed by atoms with E-state index in [0.717, 1.165) is 11.3 Å². The Morgan fingerprint density at radius 3 is 2.83 bits per heavy atom. The maximum atomic E-state index is 13.3. The van der Waals surface area contributed by atoms with Crippen LogP contribution in [0.25, 0.3) is 0 Å². The van der Waals surface area contributed by atoms with Crippen LogP contribution in [-0.2, 0) is 5.88 Å². The minimum absolute atomic E-state index is 0.170. The van der Waals surface area contributed by atoms with Crippen LogP contribution in [0.4, 0.5) is 4.39 Å². The van der Waals surface area contributed by atoms with Crippen molar-refractivity contribution in [3.8, 4) is 11.8 Å². The second-order valence-electron chi connectivity index (χ2n) is 3.57. The summed E-state index contributed by atoms with van der Waals surface area (Å²) in [7, 11) is 0. The normalized spacial score (nSPS) is 10.4. The third-order valence-corrected chi connectivity index (χ3v) is 3.23. The van der Waals surface area contributed by atoms with Gasteiger partial charge in [0.1, 0.15) is 11.6 Å². The number of alkyl halides is 1. The van der Waals surface area contributed by atoms with E-state index in [1.165, 1.54) is 6.07 Å².